The SMILES string of the molecule is COC(=O)C(CC1(c2ccccc2)C(=O)C=CC1Nc1ccc(C(F)(F)F)cc1)C(=O)OC. The molecule has 2 aromatic carbocycles. The molecule has 0 aliphatic heterocycles. The van der Waals surface area contributed by atoms with Gasteiger partial charge in [0.15, 0.2) is 11.7 Å². The molecule has 0 radical (unpaired) electrons. The molecule has 2 aromatic rings. The number of benzene rings is 2. The average Bonchev–Trinajstić information content (AvgIpc) is 3.12. The number of alkyl halides is 3. The summed E-state index contributed by atoms with van der Waals surface area (Å²) in [5, 5.41) is 3.08. The van der Waals surface area contributed by atoms with E-state index in [-0.39, 0.29) is 12.2 Å². The van der Waals surface area contributed by atoms with Crippen molar-refractivity contribution in [1.82, 2.24) is 0 Å². The zero-order valence-corrected chi connectivity index (χ0v) is 17.9. The van der Waals surface area contributed by atoms with Gasteiger partial charge in [0.05, 0.1) is 31.2 Å². The number of hydrogen-bond donors (Lipinski definition) is 1. The summed E-state index contributed by atoms with van der Waals surface area (Å²) in [6, 6.07) is 12.2. The highest BCUT2D eigenvalue weighted by atomic mass is 19.4. The van der Waals surface area contributed by atoms with E-state index in [1.807, 2.05) is 0 Å². The Hall–Kier alpha value is -3.62. The first-order valence-corrected chi connectivity index (χ1v) is 10.0. The van der Waals surface area contributed by atoms with E-state index < -0.39 is 41.1 Å². The van der Waals surface area contributed by atoms with Crippen LogP contribution in [0.15, 0.2) is 66.7 Å². The lowest BCUT2D eigenvalue weighted by Gasteiger charge is -2.37. The van der Waals surface area contributed by atoms with Gasteiger partial charge in [0.25, 0.3) is 0 Å². The molecule has 0 spiro atoms. The number of ether oxygens (including phenoxy) is 2. The molecule has 9 heteroatoms. The number of nitrogens with one attached hydrogen (secondary N) is 1. The van der Waals surface area contributed by atoms with E-state index in [0.29, 0.717) is 11.3 Å². The van der Waals surface area contributed by atoms with Crippen LogP contribution in [0.3, 0.4) is 0 Å². The molecule has 0 amide bonds. The van der Waals surface area contributed by atoms with Crippen LogP contribution in [0.25, 0.3) is 0 Å². The Bertz CT molecular complexity index is 1030. The third kappa shape index (κ3) is 4.76. The van der Waals surface area contributed by atoms with E-state index >= 15 is 0 Å². The van der Waals surface area contributed by atoms with Crippen molar-refractivity contribution in [2.24, 2.45) is 5.92 Å². The van der Waals surface area contributed by atoms with Crippen molar-refractivity contribution in [1.29, 1.82) is 0 Å². The van der Waals surface area contributed by atoms with Crippen molar-refractivity contribution in [2.45, 2.75) is 24.1 Å². The Morgan fingerprint density at radius 3 is 2.09 bits per heavy atom. The van der Waals surface area contributed by atoms with Gasteiger partial charge in [-0.3, -0.25) is 14.4 Å². The minimum absolute atomic E-state index is 0.263. The Morgan fingerprint density at radius 1 is 1.00 bits per heavy atom. The van der Waals surface area contributed by atoms with Crippen LogP contribution in [0.5, 0.6) is 0 Å². The molecule has 174 valence electrons. The summed E-state index contributed by atoms with van der Waals surface area (Å²) < 4.78 is 48.3. The van der Waals surface area contributed by atoms with E-state index in [1.54, 1.807) is 36.4 Å². The van der Waals surface area contributed by atoms with Crippen molar-refractivity contribution in [3.05, 3.63) is 77.9 Å². The molecule has 0 bridgehead atoms. The molecule has 0 saturated carbocycles. The van der Waals surface area contributed by atoms with Gasteiger partial charge in [-0.25, -0.2) is 0 Å². The van der Waals surface area contributed by atoms with Crippen LogP contribution in [-0.4, -0.2) is 38.0 Å². The third-order valence-corrected chi connectivity index (χ3v) is 5.73. The smallest absolute Gasteiger partial charge is 0.416 e. The fraction of sp³-hybridized carbons (Fsp3) is 0.292. The maximum Gasteiger partial charge on any atom is 0.416 e. The van der Waals surface area contributed by atoms with Gasteiger partial charge < -0.3 is 14.8 Å². The number of esters is 2. The lowest BCUT2D eigenvalue weighted by atomic mass is 9.68. The zero-order valence-electron chi connectivity index (χ0n) is 17.9. The Morgan fingerprint density at radius 2 is 1.58 bits per heavy atom. The molecule has 1 aliphatic rings. The first-order chi connectivity index (χ1) is 15.6. The van der Waals surface area contributed by atoms with Crippen LogP contribution >= 0.6 is 0 Å². The second kappa shape index (κ2) is 9.48. The average molecular weight is 461 g/mol. The van der Waals surface area contributed by atoms with Crippen molar-refractivity contribution in [3.63, 3.8) is 0 Å². The lowest BCUT2D eigenvalue weighted by Crippen LogP contribution is -2.49. The van der Waals surface area contributed by atoms with E-state index in [2.05, 4.69) is 5.32 Å². The van der Waals surface area contributed by atoms with Crippen molar-refractivity contribution in [3.8, 4) is 0 Å². The third-order valence-electron chi connectivity index (χ3n) is 5.73. The number of carbonyl (C=O) groups excluding carboxylic acids is 3. The predicted octanol–water partition coefficient (Wildman–Crippen LogP) is 3.92. The van der Waals surface area contributed by atoms with Crippen LogP contribution in [0.1, 0.15) is 17.5 Å². The van der Waals surface area contributed by atoms with Crippen LogP contribution in [0.4, 0.5) is 18.9 Å². The molecule has 33 heavy (non-hydrogen) atoms. The molecule has 3 rings (SSSR count). The largest absolute Gasteiger partial charge is 0.468 e. The predicted molar refractivity (Wildman–Crippen MR) is 113 cm³/mol. The van der Waals surface area contributed by atoms with Crippen molar-refractivity contribution in [2.75, 3.05) is 19.5 Å². The Labute approximate surface area is 188 Å². The molecular formula is C24H22F3NO5. The molecular weight excluding hydrogens is 439 g/mol. The first-order valence-electron chi connectivity index (χ1n) is 10.0. The molecule has 0 heterocycles. The number of rotatable bonds is 7. The van der Waals surface area contributed by atoms with Gasteiger partial charge in [-0.2, -0.15) is 13.2 Å². The highest BCUT2D eigenvalue weighted by molar-refractivity contribution is 6.05. The van der Waals surface area contributed by atoms with Gasteiger partial charge in [0.1, 0.15) is 0 Å². The van der Waals surface area contributed by atoms with Crippen molar-refractivity contribution >= 4 is 23.4 Å². The summed E-state index contributed by atoms with van der Waals surface area (Å²) in [5.41, 5.74) is -1.35. The normalized spacial score (nSPS) is 20.1. The van der Waals surface area contributed by atoms with Gasteiger partial charge in [-0.15, -0.1) is 0 Å². The van der Waals surface area contributed by atoms with E-state index in [1.165, 1.54) is 18.2 Å². The van der Waals surface area contributed by atoms with E-state index in [9.17, 15) is 27.6 Å². The maximum atomic E-state index is 13.3. The first kappa shape index (κ1) is 24.0. The van der Waals surface area contributed by atoms with Gasteiger partial charge >= 0.3 is 18.1 Å². The second-order valence-electron chi connectivity index (χ2n) is 7.56. The number of ketones is 1. The fourth-order valence-corrected chi connectivity index (χ4v) is 4.03. The summed E-state index contributed by atoms with van der Waals surface area (Å²) in [6.45, 7) is 0. The highest BCUT2D eigenvalue weighted by Gasteiger charge is 2.52. The Kier molecular flexibility index (Phi) is 6.90. The molecule has 0 saturated heterocycles. The number of anilines is 1. The number of allylic oxidation sites excluding steroid dienone is 1. The zero-order chi connectivity index (χ0) is 24.2. The van der Waals surface area contributed by atoms with Crippen LogP contribution in [0, 0.1) is 5.92 Å². The Balaban J connectivity index is 2.04. The summed E-state index contributed by atoms with van der Waals surface area (Å²) in [6.07, 6.45) is -1.84. The topological polar surface area (TPSA) is 81.7 Å². The summed E-state index contributed by atoms with van der Waals surface area (Å²) >= 11 is 0. The van der Waals surface area contributed by atoms with E-state index in [4.69, 9.17) is 9.47 Å². The molecule has 2 atom stereocenters. The fourth-order valence-electron chi connectivity index (χ4n) is 4.03. The van der Waals surface area contributed by atoms with Crippen LogP contribution in [0.2, 0.25) is 0 Å². The number of halogens is 3. The second-order valence-corrected chi connectivity index (χ2v) is 7.56. The lowest BCUT2D eigenvalue weighted by molar-refractivity contribution is -0.160. The molecule has 0 fully saturated rings. The minimum atomic E-state index is -4.48. The summed E-state index contributed by atoms with van der Waals surface area (Å²) in [4.78, 5) is 38.1. The van der Waals surface area contributed by atoms with Crippen molar-refractivity contribution < 1.29 is 37.0 Å². The van der Waals surface area contributed by atoms with Gasteiger partial charge in [0.2, 0.25) is 0 Å². The standard InChI is InChI=1S/C24H22F3NO5/c1-32-21(30)18(22(31)33-2)14-23(15-6-4-3-5-7-15)19(12-13-20(23)29)28-17-10-8-16(9-11-17)24(25,26)27/h3-13,18-19,28H,14H2,1-2H3. The quantitative estimate of drug-likeness (QED) is 0.497. The summed E-state index contributed by atoms with van der Waals surface area (Å²) in [7, 11) is 2.25. The van der Waals surface area contributed by atoms with E-state index in [0.717, 1.165) is 26.4 Å². The van der Waals surface area contributed by atoms with Crippen LogP contribution in [-0.2, 0) is 35.4 Å². The monoisotopic (exact) mass is 461 g/mol. The van der Waals surface area contributed by atoms with Crippen LogP contribution < -0.4 is 5.32 Å². The van der Waals surface area contributed by atoms with Gasteiger partial charge in [0, 0.05) is 5.69 Å². The molecule has 6 nitrogen and oxygen atoms in total. The molecule has 0 aromatic heterocycles. The molecule has 1 aliphatic carbocycles. The minimum Gasteiger partial charge on any atom is -0.468 e. The van der Waals surface area contributed by atoms with Gasteiger partial charge in [-0.1, -0.05) is 36.4 Å². The number of hydrogen-bond acceptors (Lipinski definition) is 6. The number of carbonyl (C=O) groups is 3. The van der Waals surface area contributed by atoms with Gasteiger partial charge in [-0.05, 0) is 42.3 Å². The molecule has 2 unspecified atom stereocenters. The summed E-state index contributed by atoms with van der Waals surface area (Å²) in [5.74, 6) is -3.47. The maximum absolute atomic E-state index is 13.3. The number of methoxy groups -OCH3 is 2. The molecule has 1 N–H and O–H groups in total. The highest BCUT2D eigenvalue weighted by Crippen LogP contribution is 2.42.